The van der Waals surface area contributed by atoms with Gasteiger partial charge in [0.2, 0.25) is 5.75 Å². The van der Waals surface area contributed by atoms with Crippen LogP contribution in [0.5, 0.6) is 17.4 Å². The molecule has 1 aromatic heterocycles. The lowest BCUT2D eigenvalue weighted by Gasteiger charge is -2.11. The number of hydrogen-bond acceptors (Lipinski definition) is 8. The maximum Gasteiger partial charge on any atom is 0.273 e. The minimum Gasteiger partial charge on any atom is -0.489 e. The topological polar surface area (TPSA) is 125 Å². The van der Waals surface area contributed by atoms with Gasteiger partial charge in [-0.2, -0.15) is 4.98 Å². The summed E-state index contributed by atoms with van der Waals surface area (Å²) in [6.07, 6.45) is 1.23. The van der Waals surface area contributed by atoms with E-state index in [2.05, 4.69) is 15.4 Å². The molecule has 3 N–H and O–H groups in total. The molecular weight excluding hydrogens is 266 g/mol. The molecule has 104 valence electrons. The third-order valence-electron chi connectivity index (χ3n) is 2.35. The standard InChI is InChI=1S/C11H11N5O4/c1-19-9-10(15-12)13-6-14-11(9)20-8-4-2-3-7(5-8)16(17)18/h2-6H,12H2,1H3,(H,13,14,15). The Hall–Kier alpha value is -2.94. The lowest BCUT2D eigenvalue weighted by Crippen LogP contribution is -2.10. The first-order chi connectivity index (χ1) is 9.65. The molecule has 0 aliphatic carbocycles. The molecule has 20 heavy (non-hydrogen) atoms. The number of nitrogens with one attached hydrogen (secondary N) is 1. The Bertz CT molecular complexity index is 634. The van der Waals surface area contributed by atoms with Crippen LogP contribution < -0.4 is 20.7 Å². The van der Waals surface area contributed by atoms with Gasteiger partial charge < -0.3 is 14.9 Å². The molecule has 0 aliphatic rings. The van der Waals surface area contributed by atoms with Crippen LogP contribution in [0.25, 0.3) is 0 Å². The number of nitro benzene ring substituents is 1. The summed E-state index contributed by atoms with van der Waals surface area (Å²) in [5, 5.41) is 10.7. The molecule has 9 nitrogen and oxygen atoms in total. The van der Waals surface area contributed by atoms with Crippen molar-refractivity contribution in [3.8, 4) is 17.4 Å². The van der Waals surface area contributed by atoms with Gasteiger partial charge in [-0.25, -0.2) is 10.8 Å². The minimum absolute atomic E-state index is 0.0901. The first-order valence-electron chi connectivity index (χ1n) is 5.43. The van der Waals surface area contributed by atoms with Crippen molar-refractivity contribution in [3.63, 3.8) is 0 Å². The third-order valence-corrected chi connectivity index (χ3v) is 2.35. The second kappa shape index (κ2) is 5.80. The summed E-state index contributed by atoms with van der Waals surface area (Å²) < 4.78 is 10.5. The Morgan fingerprint density at radius 2 is 2.20 bits per heavy atom. The molecule has 0 radical (unpaired) electrons. The number of nitrogen functional groups attached to an aromatic ring is 1. The van der Waals surface area contributed by atoms with Crippen molar-refractivity contribution in [1.29, 1.82) is 0 Å². The number of anilines is 1. The minimum atomic E-state index is -0.517. The number of benzene rings is 1. The Labute approximate surface area is 113 Å². The van der Waals surface area contributed by atoms with E-state index in [1.54, 1.807) is 6.07 Å². The Morgan fingerprint density at radius 3 is 2.85 bits per heavy atom. The molecule has 9 heteroatoms. The van der Waals surface area contributed by atoms with Gasteiger partial charge in [0, 0.05) is 6.07 Å². The van der Waals surface area contributed by atoms with Gasteiger partial charge in [0.05, 0.1) is 18.1 Å². The maximum absolute atomic E-state index is 10.7. The van der Waals surface area contributed by atoms with Crippen LogP contribution in [0, 0.1) is 10.1 Å². The van der Waals surface area contributed by atoms with E-state index >= 15 is 0 Å². The van der Waals surface area contributed by atoms with Crippen LogP contribution in [-0.2, 0) is 0 Å². The lowest BCUT2D eigenvalue weighted by atomic mass is 10.3. The molecular formula is C11H11N5O4. The summed E-state index contributed by atoms with van der Waals surface area (Å²) in [7, 11) is 1.40. The van der Waals surface area contributed by atoms with Crippen LogP contribution in [0.2, 0.25) is 0 Å². The number of hydrogen-bond donors (Lipinski definition) is 2. The molecule has 1 aromatic carbocycles. The van der Waals surface area contributed by atoms with E-state index in [0.29, 0.717) is 0 Å². The highest BCUT2D eigenvalue weighted by Gasteiger charge is 2.15. The number of aromatic nitrogens is 2. The molecule has 0 saturated heterocycles. The van der Waals surface area contributed by atoms with Crippen molar-refractivity contribution >= 4 is 11.5 Å². The van der Waals surface area contributed by atoms with E-state index in [0.717, 1.165) is 0 Å². The Morgan fingerprint density at radius 1 is 1.40 bits per heavy atom. The summed E-state index contributed by atoms with van der Waals surface area (Å²) in [6.45, 7) is 0. The fourth-order valence-corrected chi connectivity index (χ4v) is 1.49. The van der Waals surface area contributed by atoms with E-state index < -0.39 is 4.92 Å². The molecule has 0 spiro atoms. The van der Waals surface area contributed by atoms with Gasteiger partial charge in [-0.15, -0.1) is 0 Å². The zero-order valence-corrected chi connectivity index (χ0v) is 10.4. The zero-order chi connectivity index (χ0) is 14.5. The first kappa shape index (κ1) is 13.5. The van der Waals surface area contributed by atoms with Crippen molar-refractivity contribution in [3.05, 3.63) is 40.7 Å². The molecule has 0 aliphatic heterocycles. The third kappa shape index (κ3) is 2.72. The molecule has 0 saturated carbocycles. The quantitative estimate of drug-likeness (QED) is 0.478. The molecule has 0 fully saturated rings. The van der Waals surface area contributed by atoms with Crippen LogP contribution in [0.1, 0.15) is 0 Å². The van der Waals surface area contributed by atoms with Crippen LogP contribution >= 0.6 is 0 Å². The summed E-state index contributed by atoms with van der Waals surface area (Å²) >= 11 is 0. The molecule has 0 amide bonds. The van der Waals surface area contributed by atoms with Gasteiger partial charge in [0.25, 0.3) is 11.6 Å². The fourth-order valence-electron chi connectivity index (χ4n) is 1.49. The summed E-state index contributed by atoms with van der Waals surface area (Å²) in [5.74, 6) is 6.06. The van der Waals surface area contributed by atoms with Gasteiger partial charge >= 0.3 is 0 Å². The average Bonchev–Trinajstić information content (AvgIpc) is 2.47. The fraction of sp³-hybridized carbons (Fsp3) is 0.0909. The van der Waals surface area contributed by atoms with E-state index in [4.69, 9.17) is 15.3 Å². The molecule has 0 unspecified atom stereocenters. The smallest absolute Gasteiger partial charge is 0.273 e. The Kier molecular flexibility index (Phi) is 3.91. The van der Waals surface area contributed by atoms with Crippen molar-refractivity contribution in [2.24, 2.45) is 5.84 Å². The average molecular weight is 277 g/mol. The molecule has 0 atom stereocenters. The van der Waals surface area contributed by atoms with Gasteiger partial charge in [0.15, 0.2) is 5.82 Å². The molecule has 2 rings (SSSR count). The summed E-state index contributed by atoms with van der Waals surface area (Å²) in [6, 6.07) is 5.70. The monoisotopic (exact) mass is 277 g/mol. The molecule has 1 heterocycles. The zero-order valence-electron chi connectivity index (χ0n) is 10.4. The van der Waals surface area contributed by atoms with Gasteiger partial charge in [0.1, 0.15) is 12.1 Å². The van der Waals surface area contributed by atoms with E-state index in [-0.39, 0.29) is 28.9 Å². The van der Waals surface area contributed by atoms with Crippen molar-refractivity contribution < 1.29 is 14.4 Å². The second-order valence-corrected chi connectivity index (χ2v) is 3.56. The molecule has 0 bridgehead atoms. The lowest BCUT2D eigenvalue weighted by molar-refractivity contribution is -0.384. The number of nitrogens with two attached hydrogens (primary N) is 1. The van der Waals surface area contributed by atoms with Gasteiger partial charge in [-0.1, -0.05) is 6.07 Å². The van der Waals surface area contributed by atoms with Crippen molar-refractivity contribution in [1.82, 2.24) is 9.97 Å². The van der Waals surface area contributed by atoms with Crippen molar-refractivity contribution in [2.45, 2.75) is 0 Å². The number of methoxy groups -OCH3 is 1. The highest BCUT2D eigenvalue weighted by Crippen LogP contribution is 2.34. The largest absolute Gasteiger partial charge is 0.489 e. The van der Waals surface area contributed by atoms with Crippen LogP contribution in [0.15, 0.2) is 30.6 Å². The predicted octanol–water partition coefficient (Wildman–Crippen LogP) is 1.47. The number of non-ortho nitro benzene ring substituents is 1. The maximum atomic E-state index is 10.7. The van der Waals surface area contributed by atoms with E-state index in [9.17, 15) is 10.1 Å². The SMILES string of the molecule is COc1c(NN)ncnc1Oc1cccc([N+](=O)[O-])c1. The number of ether oxygens (including phenoxy) is 2. The number of rotatable bonds is 5. The Balaban J connectivity index is 2.35. The van der Waals surface area contributed by atoms with Gasteiger partial charge in [-0.05, 0) is 6.07 Å². The first-order valence-corrected chi connectivity index (χ1v) is 5.43. The van der Waals surface area contributed by atoms with Gasteiger partial charge in [-0.3, -0.25) is 10.1 Å². The van der Waals surface area contributed by atoms with Crippen LogP contribution in [0.3, 0.4) is 0 Å². The highest BCUT2D eigenvalue weighted by atomic mass is 16.6. The molecule has 2 aromatic rings. The van der Waals surface area contributed by atoms with E-state index in [1.807, 2.05) is 0 Å². The van der Waals surface area contributed by atoms with E-state index in [1.165, 1.54) is 31.6 Å². The summed E-state index contributed by atoms with van der Waals surface area (Å²) in [5.41, 5.74) is 2.25. The summed E-state index contributed by atoms with van der Waals surface area (Å²) in [4.78, 5) is 17.9. The highest BCUT2D eigenvalue weighted by molar-refractivity contribution is 5.55. The second-order valence-electron chi connectivity index (χ2n) is 3.56. The van der Waals surface area contributed by atoms with Crippen LogP contribution in [-0.4, -0.2) is 22.0 Å². The number of nitro groups is 1. The number of nitrogens with zero attached hydrogens (tertiary/aromatic N) is 3. The predicted molar refractivity (Wildman–Crippen MR) is 69.6 cm³/mol. The normalized spacial score (nSPS) is 9.90. The van der Waals surface area contributed by atoms with Crippen molar-refractivity contribution in [2.75, 3.05) is 12.5 Å². The number of hydrazine groups is 1. The van der Waals surface area contributed by atoms with Crippen LogP contribution in [0.4, 0.5) is 11.5 Å².